The van der Waals surface area contributed by atoms with Crippen LogP contribution in [0.1, 0.15) is 0 Å². The molecule has 0 fully saturated rings. The monoisotopic (exact) mass is 389 g/mol. The Bertz CT molecular complexity index is 995. The largest absolute Gasteiger partial charge is 0.360 e. The number of anilines is 2. The number of carbonyl (C=O) groups is 1. The number of nitriles is 1. The highest BCUT2D eigenvalue weighted by Crippen LogP contribution is 2.19. The molecular weight excluding hydrogens is 374 g/mol. The summed E-state index contributed by atoms with van der Waals surface area (Å²) in [6.45, 7) is 0. The SMILES string of the molecule is CSc1cccc(N/C=C(/C#N)C(=O)Nc2cccc(S(=O)(=O)O)c2)c1. The molecule has 7 nitrogen and oxygen atoms in total. The van der Waals surface area contributed by atoms with Crippen LogP contribution in [0.5, 0.6) is 0 Å². The van der Waals surface area contributed by atoms with Gasteiger partial charge in [0.25, 0.3) is 16.0 Å². The van der Waals surface area contributed by atoms with Crippen LogP contribution >= 0.6 is 11.8 Å². The van der Waals surface area contributed by atoms with E-state index in [1.54, 1.807) is 23.9 Å². The van der Waals surface area contributed by atoms with Crippen LogP contribution in [-0.4, -0.2) is 25.1 Å². The Kier molecular flexibility index (Phi) is 6.41. The van der Waals surface area contributed by atoms with Crippen LogP contribution in [-0.2, 0) is 14.9 Å². The van der Waals surface area contributed by atoms with Crippen molar-refractivity contribution < 1.29 is 17.8 Å². The minimum atomic E-state index is -4.39. The van der Waals surface area contributed by atoms with Gasteiger partial charge in [-0.1, -0.05) is 12.1 Å². The maximum absolute atomic E-state index is 12.2. The minimum absolute atomic E-state index is 0.135. The Morgan fingerprint density at radius 1 is 1.19 bits per heavy atom. The molecule has 9 heteroatoms. The standard InChI is InChI=1S/C17H15N3O4S2/c1-25-15-6-2-4-13(8-15)19-11-12(10-18)17(21)20-14-5-3-7-16(9-14)26(22,23)24/h2-9,11,19H,1H3,(H,20,21)(H,22,23,24)/b12-11-. The van der Waals surface area contributed by atoms with E-state index in [-0.39, 0.29) is 16.2 Å². The van der Waals surface area contributed by atoms with E-state index in [9.17, 15) is 18.5 Å². The lowest BCUT2D eigenvalue weighted by Gasteiger charge is -2.07. The zero-order valence-electron chi connectivity index (χ0n) is 13.6. The number of nitrogens with zero attached hydrogens (tertiary/aromatic N) is 1. The second kappa shape index (κ2) is 8.53. The van der Waals surface area contributed by atoms with Gasteiger partial charge in [-0.25, -0.2) is 0 Å². The summed E-state index contributed by atoms with van der Waals surface area (Å²) in [5.41, 5.74) is 0.651. The van der Waals surface area contributed by atoms with E-state index in [0.29, 0.717) is 5.69 Å². The van der Waals surface area contributed by atoms with E-state index in [0.717, 1.165) is 11.0 Å². The van der Waals surface area contributed by atoms with Crippen LogP contribution in [0.3, 0.4) is 0 Å². The minimum Gasteiger partial charge on any atom is -0.360 e. The lowest BCUT2D eigenvalue weighted by Crippen LogP contribution is -2.15. The Morgan fingerprint density at radius 2 is 1.88 bits per heavy atom. The van der Waals surface area contributed by atoms with Gasteiger partial charge in [-0.2, -0.15) is 13.7 Å². The third-order valence-electron chi connectivity index (χ3n) is 3.21. The van der Waals surface area contributed by atoms with Crippen molar-refractivity contribution in [2.45, 2.75) is 9.79 Å². The Morgan fingerprint density at radius 3 is 2.54 bits per heavy atom. The number of hydrogen-bond acceptors (Lipinski definition) is 6. The predicted molar refractivity (Wildman–Crippen MR) is 100 cm³/mol. The molecule has 0 spiro atoms. The number of carbonyl (C=O) groups excluding carboxylic acids is 1. The highest BCUT2D eigenvalue weighted by Gasteiger charge is 2.13. The van der Waals surface area contributed by atoms with Crippen LogP contribution in [0.25, 0.3) is 0 Å². The normalized spacial score (nSPS) is 11.5. The first-order valence-electron chi connectivity index (χ1n) is 7.23. The van der Waals surface area contributed by atoms with Crippen molar-refractivity contribution in [3.63, 3.8) is 0 Å². The number of rotatable bonds is 6. The molecule has 1 amide bonds. The average molecular weight is 389 g/mol. The van der Waals surface area contributed by atoms with Gasteiger partial charge >= 0.3 is 0 Å². The topological polar surface area (TPSA) is 119 Å². The molecule has 0 aliphatic rings. The van der Waals surface area contributed by atoms with Crippen LogP contribution < -0.4 is 10.6 Å². The summed E-state index contributed by atoms with van der Waals surface area (Å²) in [5, 5.41) is 14.5. The van der Waals surface area contributed by atoms with Gasteiger partial charge in [0.05, 0.1) is 4.90 Å². The Hall–Kier alpha value is -2.80. The maximum Gasteiger partial charge on any atom is 0.294 e. The number of amides is 1. The van der Waals surface area contributed by atoms with Crippen molar-refractivity contribution in [2.24, 2.45) is 0 Å². The first-order valence-corrected chi connectivity index (χ1v) is 9.90. The fourth-order valence-corrected chi connectivity index (χ4v) is 2.94. The average Bonchev–Trinajstić information content (AvgIpc) is 2.62. The van der Waals surface area contributed by atoms with Gasteiger partial charge < -0.3 is 10.6 Å². The van der Waals surface area contributed by atoms with Crippen molar-refractivity contribution in [3.8, 4) is 6.07 Å². The quantitative estimate of drug-likeness (QED) is 0.300. The first kappa shape index (κ1) is 19.5. The zero-order valence-corrected chi connectivity index (χ0v) is 15.3. The summed E-state index contributed by atoms with van der Waals surface area (Å²) in [6.07, 6.45) is 3.20. The van der Waals surface area contributed by atoms with Crippen LogP contribution in [0.4, 0.5) is 11.4 Å². The highest BCUT2D eigenvalue weighted by molar-refractivity contribution is 7.98. The molecule has 0 saturated carbocycles. The Labute approximate surface area is 155 Å². The highest BCUT2D eigenvalue weighted by atomic mass is 32.2. The number of hydrogen-bond donors (Lipinski definition) is 3. The van der Waals surface area contributed by atoms with Crippen molar-refractivity contribution in [2.75, 3.05) is 16.9 Å². The summed E-state index contributed by atoms with van der Waals surface area (Å²) in [5.74, 6) is -0.714. The molecule has 2 rings (SSSR count). The van der Waals surface area contributed by atoms with E-state index in [1.807, 2.05) is 24.5 Å². The second-order valence-electron chi connectivity index (χ2n) is 5.00. The molecule has 26 heavy (non-hydrogen) atoms. The van der Waals surface area contributed by atoms with Gasteiger partial charge in [-0.3, -0.25) is 9.35 Å². The summed E-state index contributed by atoms with van der Waals surface area (Å²) in [7, 11) is -4.39. The van der Waals surface area contributed by atoms with E-state index in [4.69, 9.17) is 4.55 Å². The molecule has 0 radical (unpaired) electrons. The third kappa shape index (κ3) is 5.35. The van der Waals surface area contributed by atoms with Gasteiger partial charge in [-0.05, 0) is 42.7 Å². The van der Waals surface area contributed by atoms with Crippen LogP contribution in [0.2, 0.25) is 0 Å². The molecule has 0 bridgehead atoms. The number of benzene rings is 2. The molecule has 134 valence electrons. The summed E-state index contributed by atoms with van der Waals surface area (Å²) < 4.78 is 31.3. The lowest BCUT2D eigenvalue weighted by molar-refractivity contribution is -0.112. The maximum atomic E-state index is 12.2. The molecular formula is C17H15N3O4S2. The van der Waals surface area contributed by atoms with Crippen molar-refractivity contribution in [1.82, 2.24) is 0 Å². The van der Waals surface area contributed by atoms with E-state index in [2.05, 4.69) is 10.6 Å². The van der Waals surface area contributed by atoms with E-state index in [1.165, 1.54) is 24.4 Å². The molecule has 0 atom stereocenters. The van der Waals surface area contributed by atoms with Gasteiger partial charge in [0.1, 0.15) is 11.6 Å². The van der Waals surface area contributed by atoms with Gasteiger partial charge in [0, 0.05) is 22.5 Å². The summed E-state index contributed by atoms with van der Waals surface area (Å²) in [4.78, 5) is 12.9. The molecule has 0 unspecified atom stereocenters. The molecule has 0 heterocycles. The molecule has 2 aromatic carbocycles. The second-order valence-corrected chi connectivity index (χ2v) is 7.30. The molecule has 0 aromatic heterocycles. The van der Waals surface area contributed by atoms with Crippen molar-refractivity contribution in [1.29, 1.82) is 5.26 Å². The fraction of sp³-hybridized carbons (Fsp3) is 0.0588. The number of thioether (sulfide) groups is 1. The Balaban J connectivity index is 2.15. The predicted octanol–water partition coefficient (Wildman–Crippen LogP) is 3.11. The first-order chi connectivity index (χ1) is 12.3. The zero-order chi connectivity index (χ0) is 19.2. The molecule has 0 aliphatic carbocycles. The van der Waals surface area contributed by atoms with Crippen LogP contribution in [0.15, 0.2) is 70.1 Å². The smallest absolute Gasteiger partial charge is 0.294 e. The summed E-state index contributed by atoms with van der Waals surface area (Å²) in [6, 6.07) is 14.3. The van der Waals surface area contributed by atoms with Gasteiger partial charge in [0.2, 0.25) is 0 Å². The molecule has 0 aliphatic heterocycles. The number of nitrogens with one attached hydrogen (secondary N) is 2. The fourth-order valence-electron chi connectivity index (χ4n) is 1.95. The molecule has 0 saturated heterocycles. The summed E-state index contributed by atoms with van der Waals surface area (Å²) >= 11 is 1.56. The lowest BCUT2D eigenvalue weighted by atomic mass is 10.2. The van der Waals surface area contributed by atoms with Crippen LogP contribution in [0, 0.1) is 11.3 Å². The molecule has 2 aromatic rings. The van der Waals surface area contributed by atoms with Crippen molar-refractivity contribution >= 4 is 39.2 Å². The van der Waals surface area contributed by atoms with E-state index >= 15 is 0 Å². The molecule has 3 N–H and O–H groups in total. The third-order valence-corrected chi connectivity index (χ3v) is 4.78. The van der Waals surface area contributed by atoms with Crippen molar-refractivity contribution in [3.05, 3.63) is 60.3 Å². The van der Waals surface area contributed by atoms with Gasteiger partial charge in [0.15, 0.2) is 0 Å². The van der Waals surface area contributed by atoms with Gasteiger partial charge in [-0.15, -0.1) is 11.8 Å². The van der Waals surface area contributed by atoms with E-state index < -0.39 is 16.0 Å².